The molecule has 4 nitrogen and oxygen atoms in total. The summed E-state index contributed by atoms with van der Waals surface area (Å²) in [7, 11) is 1.53. The second-order valence-electron chi connectivity index (χ2n) is 5.47. The summed E-state index contributed by atoms with van der Waals surface area (Å²) in [6.45, 7) is 0. The first-order valence-electron chi connectivity index (χ1n) is 7.51. The topological polar surface area (TPSA) is 59.7 Å². The Morgan fingerprint density at radius 1 is 0.958 bits per heavy atom. The van der Waals surface area contributed by atoms with Crippen molar-refractivity contribution in [1.82, 2.24) is 0 Å². The third-order valence-corrected chi connectivity index (χ3v) is 4.11. The summed E-state index contributed by atoms with van der Waals surface area (Å²) in [4.78, 5) is 12.8. The Morgan fingerprint density at radius 2 is 1.71 bits per heavy atom. The molecule has 0 amide bonds. The van der Waals surface area contributed by atoms with Gasteiger partial charge in [-0.1, -0.05) is 42.5 Å². The van der Waals surface area contributed by atoms with Gasteiger partial charge in [0.2, 0.25) is 11.2 Å². The number of methoxy groups -OCH3 is 1. The van der Waals surface area contributed by atoms with Crippen LogP contribution < -0.4 is 10.2 Å². The van der Waals surface area contributed by atoms with Crippen molar-refractivity contribution in [3.05, 3.63) is 70.9 Å². The SMILES string of the molecule is COc1ccccc1-c1oc2ccc3ccccc3c2c(=O)c1O. The van der Waals surface area contributed by atoms with Crippen LogP contribution in [0.3, 0.4) is 0 Å². The highest BCUT2D eigenvalue weighted by Gasteiger charge is 2.19. The molecule has 24 heavy (non-hydrogen) atoms. The number of benzene rings is 3. The van der Waals surface area contributed by atoms with Crippen LogP contribution in [0.15, 0.2) is 69.9 Å². The van der Waals surface area contributed by atoms with E-state index >= 15 is 0 Å². The van der Waals surface area contributed by atoms with Gasteiger partial charge in [-0.15, -0.1) is 0 Å². The quantitative estimate of drug-likeness (QED) is 0.559. The monoisotopic (exact) mass is 318 g/mol. The predicted molar refractivity (Wildman–Crippen MR) is 93.6 cm³/mol. The van der Waals surface area contributed by atoms with E-state index in [1.165, 1.54) is 7.11 Å². The lowest BCUT2D eigenvalue weighted by atomic mass is 10.0. The number of fused-ring (bicyclic) bond motifs is 3. The Bertz CT molecular complexity index is 1130. The number of ether oxygens (including phenoxy) is 1. The molecule has 0 atom stereocenters. The lowest BCUT2D eigenvalue weighted by Gasteiger charge is -2.10. The summed E-state index contributed by atoms with van der Waals surface area (Å²) in [5.74, 6) is 0.222. The van der Waals surface area contributed by atoms with Crippen molar-refractivity contribution < 1.29 is 14.3 Å². The normalized spacial score (nSPS) is 11.0. The van der Waals surface area contributed by atoms with Crippen LogP contribution >= 0.6 is 0 Å². The summed E-state index contributed by atoms with van der Waals surface area (Å²) >= 11 is 0. The third-order valence-electron chi connectivity index (χ3n) is 4.11. The molecule has 0 unspecified atom stereocenters. The summed E-state index contributed by atoms with van der Waals surface area (Å²) < 4.78 is 11.2. The fraction of sp³-hybridized carbons (Fsp3) is 0.0500. The molecule has 0 radical (unpaired) electrons. The van der Waals surface area contributed by atoms with Gasteiger partial charge in [-0.05, 0) is 29.0 Å². The zero-order valence-corrected chi connectivity index (χ0v) is 12.9. The summed E-state index contributed by atoms with van der Waals surface area (Å²) in [5.41, 5.74) is 0.510. The maximum atomic E-state index is 12.8. The van der Waals surface area contributed by atoms with Gasteiger partial charge in [-0.25, -0.2) is 0 Å². The molecule has 4 rings (SSSR count). The van der Waals surface area contributed by atoms with E-state index in [1.807, 2.05) is 36.4 Å². The van der Waals surface area contributed by atoms with Crippen molar-refractivity contribution in [3.63, 3.8) is 0 Å². The van der Waals surface area contributed by atoms with Crippen molar-refractivity contribution in [3.8, 4) is 22.8 Å². The molecule has 1 heterocycles. The number of hydrogen-bond donors (Lipinski definition) is 1. The predicted octanol–water partition coefficient (Wildman–Crippen LogP) is 4.33. The van der Waals surface area contributed by atoms with E-state index in [0.29, 0.717) is 22.3 Å². The third kappa shape index (κ3) is 2.04. The van der Waals surface area contributed by atoms with Gasteiger partial charge < -0.3 is 14.3 Å². The maximum absolute atomic E-state index is 12.8. The molecule has 1 N–H and O–H groups in total. The molecule has 0 bridgehead atoms. The van der Waals surface area contributed by atoms with E-state index in [2.05, 4.69) is 0 Å². The molecular weight excluding hydrogens is 304 g/mol. The van der Waals surface area contributed by atoms with E-state index in [1.54, 1.807) is 24.3 Å². The average Bonchev–Trinajstić information content (AvgIpc) is 2.64. The Labute approximate surface area is 137 Å². The first-order valence-corrected chi connectivity index (χ1v) is 7.51. The van der Waals surface area contributed by atoms with Crippen molar-refractivity contribution in [2.75, 3.05) is 7.11 Å². The lowest BCUT2D eigenvalue weighted by Crippen LogP contribution is -2.03. The molecule has 0 saturated heterocycles. The maximum Gasteiger partial charge on any atom is 0.235 e. The van der Waals surface area contributed by atoms with E-state index in [-0.39, 0.29) is 5.76 Å². The fourth-order valence-electron chi connectivity index (χ4n) is 2.97. The van der Waals surface area contributed by atoms with Crippen LogP contribution in [0.5, 0.6) is 11.5 Å². The van der Waals surface area contributed by atoms with Crippen LogP contribution in [0.25, 0.3) is 33.1 Å². The van der Waals surface area contributed by atoms with Crippen LogP contribution in [0.1, 0.15) is 0 Å². The second kappa shape index (κ2) is 5.42. The largest absolute Gasteiger partial charge is 0.502 e. The first kappa shape index (κ1) is 14.3. The van der Waals surface area contributed by atoms with Crippen LogP contribution in [0.4, 0.5) is 0 Å². The van der Waals surface area contributed by atoms with E-state index in [0.717, 1.165) is 10.8 Å². The molecule has 118 valence electrons. The first-order chi connectivity index (χ1) is 11.7. The molecule has 0 spiro atoms. The molecule has 0 aliphatic rings. The van der Waals surface area contributed by atoms with Crippen molar-refractivity contribution in [2.45, 2.75) is 0 Å². The van der Waals surface area contributed by atoms with E-state index in [4.69, 9.17) is 9.15 Å². The summed E-state index contributed by atoms with van der Waals surface area (Å²) in [6, 6.07) is 18.2. The van der Waals surface area contributed by atoms with Gasteiger partial charge in [0.15, 0.2) is 5.76 Å². The number of aromatic hydroxyl groups is 1. The van der Waals surface area contributed by atoms with Crippen LogP contribution in [0.2, 0.25) is 0 Å². The Hall–Kier alpha value is -3.27. The number of rotatable bonds is 2. The second-order valence-corrected chi connectivity index (χ2v) is 5.47. The minimum absolute atomic E-state index is 0.111. The highest BCUT2D eigenvalue weighted by molar-refractivity contribution is 6.06. The fourth-order valence-corrected chi connectivity index (χ4v) is 2.97. The molecule has 0 saturated carbocycles. The van der Waals surface area contributed by atoms with Crippen LogP contribution in [-0.2, 0) is 0 Å². The molecule has 3 aromatic carbocycles. The van der Waals surface area contributed by atoms with Gasteiger partial charge >= 0.3 is 0 Å². The highest BCUT2D eigenvalue weighted by Crippen LogP contribution is 2.37. The Morgan fingerprint density at radius 3 is 2.54 bits per heavy atom. The van der Waals surface area contributed by atoms with Gasteiger partial charge in [0.25, 0.3) is 0 Å². The zero-order valence-electron chi connectivity index (χ0n) is 12.9. The van der Waals surface area contributed by atoms with Gasteiger partial charge in [0.05, 0.1) is 18.1 Å². The van der Waals surface area contributed by atoms with Crippen molar-refractivity contribution in [2.24, 2.45) is 0 Å². The van der Waals surface area contributed by atoms with E-state index < -0.39 is 11.2 Å². The van der Waals surface area contributed by atoms with Gasteiger partial charge in [-0.2, -0.15) is 0 Å². The standard InChI is InChI=1S/C20H14O4/c1-23-15-9-5-4-8-14(15)20-19(22)18(21)17-13-7-3-2-6-12(13)10-11-16(17)24-20/h2-11,22H,1H3. The highest BCUT2D eigenvalue weighted by atomic mass is 16.5. The average molecular weight is 318 g/mol. The van der Waals surface area contributed by atoms with Gasteiger partial charge in [-0.3, -0.25) is 4.79 Å². The summed E-state index contributed by atoms with van der Waals surface area (Å²) in [5, 5.41) is 12.5. The smallest absolute Gasteiger partial charge is 0.235 e. The summed E-state index contributed by atoms with van der Waals surface area (Å²) in [6.07, 6.45) is 0. The van der Waals surface area contributed by atoms with Crippen LogP contribution in [-0.4, -0.2) is 12.2 Å². The van der Waals surface area contributed by atoms with Crippen molar-refractivity contribution >= 4 is 21.7 Å². The molecule has 0 fully saturated rings. The Kier molecular flexibility index (Phi) is 3.24. The molecule has 1 aromatic heterocycles. The Balaban J connectivity index is 2.12. The zero-order chi connectivity index (χ0) is 16.7. The van der Waals surface area contributed by atoms with Gasteiger partial charge in [0, 0.05) is 0 Å². The lowest BCUT2D eigenvalue weighted by molar-refractivity contribution is 0.411. The van der Waals surface area contributed by atoms with E-state index in [9.17, 15) is 9.90 Å². The molecule has 4 heteroatoms. The molecule has 4 aromatic rings. The number of para-hydroxylation sites is 1. The molecule has 0 aliphatic heterocycles. The molecule has 0 aliphatic carbocycles. The minimum Gasteiger partial charge on any atom is -0.502 e. The number of hydrogen-bond acceptors (Lipinski definition) is 4. The van der Waals surface area contributed by atoms with Gasteiger partial charge in [0.1, 0.15) is 11.3 Å². The van der Waals surface area contributed by atoms with Crippen molar-refractivity contribution in [1.29, 1.82) is 0 Å². The minimum atomic E-state index is -0.450. The molecular formula is C20H14O4. The van der Waals surface area contributed by atoms with Crippen LogP contribution in [0, 0.1) is 0 Å².